The largest absolute Gasteiger partial charge is 0.466 e. The molecule has 0 aliphatic carbocycles. The predicted octanol–water partition coefficient (Wildman–Crippen LogP) is 1.31. The normalized spacial score (nSPS) is 20.4. The van der Waals surface area contributed by atoms with E-state index in [1.807, 2.05) is 6.92 Å². The van der Waals surface area contributed by atoms with Gasteiger partial charge in [-0.25, -0.2) is 0 Å². The molecule has 0 aromatic rings. The van der Waals surface area contributed by atoms with E-state index in [1.165, 1.54) is 0 Å². The van der Waals surface area contributed by atoms with Crippen molar-refractivity contribution < 1.29 is 19.0 Å². The van der Waals surface area contributed by atoms with E-state index in [1.54, 1.807) is 7.11 Å². The topological polar surface area (TPSA) is 48.0 Å². The lowest BCUT2D eigenvalue weighted by Gasteiger charge is -2.31. The fourth-order valence-electron chi connectivity index (χ4n) is 2.31. The Kier molecular flexibility index (Phi) is 8.79. The average molecular weight is 273 g/mol. The van der Waals surface area contributed by atoms with Crippen LogP contribution in [-0.2, 0) is 19.0 Å². The Bertz CT molecular complexity index is 248. The second-order valence-electron chi connectivity index (χ2n) is 4.85. The van der Waals surface area contributed by atoms with Gasteiger partial charge in [0.05, 0.1) is 19.1 Å². The summed E-state index contributed by atoms with van der Waals surface area (Å²) >= 11 is 0. The zero-order valence-corrected chi connectivity index (χ0v) is 12.2. The molecule has 0 aromatic heterocycles. The van der Waals surface area contributed by atoms with Gasteiger partial charge in [0.25, 0.3) is 0 Å². The van der Waals surface area contributed by atoms with Crippen molar-refractivity contribution in [3.05, 3.63) is 0 Å². The SMILES string of the molecule is CCOC(=O)C1CCCN(CCOCCCOC)C1. The van der Waals surface area contributed by atoms with Gasteiger partial charge in [-0.15, -0.1) is 0 Å². The number of hydrogen-bond donors (Lipinski definition) is 0. The van der Waals surface area contributed by atoms with Crippen molar-refractivity contribution in [3.63, 3.8) is 0 Å². The van der Waals surface area contributed by atoms with Crippen LogP contribution in [0.3, 0.4) is 0 Å². The number of nitrogens with zero attached hydrogens (tertiary/aromatic N) is 1. The number of likely N-dealkylation sites (tertiary alicyclic amines) is 1. The Hall–Kier alpha value is -0.650. The smallest absolute Gasteiger partial charge is 0.310 e. The van der Waals surface area contributed by atoms with Gasteiger partial charge in [0.2, 0.25) is 0 Å². The summed E-state index contributed by atoms with van der Waals surface area (Å²) in [5.41, 5.74) is 0. The Morgan fingerprint density at radius 3 is 2.89 bits per heavy atom. The summed E-state index contributed by atoms with van der Waals surface area (Å²) in [5, 5.41) is 0. The van der Waals surface area contributed by atoms with Gasteiger partial charge in [-0.1, -0.05) is 0 Å². The molecule has 0 N–H and O–H groups in total. The van der Waals surface area contributed by atoms with E-state index in [-0.39, 0.29) is 11.9 Å². The third-order valence-electron chi connectivity index (χ3n) is 3.31. The van der Waals surface area contributed by atoms with Gasteiger partial charge >= 0.3 is 5.97 Å². The number of ether oxygens (including phenoxy) is 3. The van der Waals surface area contributed by atoms with Gasteiger partial charge in [0.1, 0.15) is 0 Å². The maximum Gasteiger partial charge on any atom is 0.310 e. The van der Waals surface area contributed by atoms with Crippen LogP contribution in [0.4, 0.5) is 0 Å². The number of methoxy groups -OCH3 is 1. The molecular weight excluding hydrogens is 246 g/mol. The first-order valence-electron chi connectivity index (χ1n) is 7.23. The fourth-order valence-corrected chi connectivity index (χ4v) is 2.31. The zero-order chi connectivity index (χ0) is 13.9. The first kappa shape index (κ1) is 16.4. The molecule has 1 unspecified atom stereocenters. The molecule has 1 fully saturated rings. The van der Waals surface area contributed by atoms with Crippen LogP contribution in [-0.4, -0.2) is 64.0 Å². The molecule has 1 heterocycles. The lowest BCUT2D eigenvalue weighted by atomic mass is 9.98. The summed E-state index contributed by atoms with van der Waals surface area (Å²) < 4.78 is 15.6. The van der Waals surface area contributed by atoms with E-state index in [0.29, 0.717) is 6.61 Å². The van der Waals surface area contributed by atoms with Crippen LogP contribution < -0.4 is 0 Å². The van der Waals surface area contributed by atoms with E-state index in [2.05, 4.69) is 4.90 Å². The molecule has 1 aliphatic rings. The minimum atomic E-state index is -0.0480. The summed E-state index contributed by atoms with van der Waals surface area (Å²) in [5.74, 6) is -0.00426. The molecule has 0 bridgehead atoms. The van der Waals surface area contributed by atoms with Crippen LogP contribution in [0.25, 0.3) is 0 Å². The second kappa shape index (κ2) is 10.2. The molecule has 1 rings (SSSR count). The Morgan fingerprint density at radius 2 is 2.16 bits per heavy atom. The highest BCUT2D eigenvalue weighted by Gasteiger charge is 2.26. The van der Waals surface area contributed by atoms with Crippen molar-refractivity contribution in [2.24, 2.45) is 5.92 Å². The zero-order valence-electron chi connectivity index (χ0n) is 12.2. The minimum Gasteiger partial charge on any atom is -0.466 e. The van der Waals surface area contributed by atoms with Gasteiger partial charge in [-0.2, -0.15) is 0 Å². The molecule has 1 atom stereocenters. The summed E-state index contributed by atoms with van der Waals surface area (Å²) in [6.07, 6.45) is 2.94. The lowest BCUT2D eigenvalue weighted by Crippen LogP contribution is -2.40. The summed E-state index contributed by atoms with van der Waals surface area (Å²) in [7, 11) is 1.70. The minimum absolute atomic E-state index is 0.0437. The first-order valence-corrected chi connectivity index (χ1v) is 7.23. The van der Waals surface area contributed by atoms with Crippen molar-refractivity contribution in [2.45, 2.75) is 26.2 Å². The van der Waals surface area contributed by atoms with Gasteiger partial charge < -0.3 is 19.1 Å². The molecule has 1 aliphatic heterocycles. The molecule has 1 saturated heterocycles. The maximum absolute atomic E-state index is 11.7. The molecule has 0 saturated carbocycles. The molecule has 5 nitrogen and oxygen atoms in total. The summed E-state index contributed by atoms with van der Waals surface area (Å²) in [4.78, 5) is 14.0. The first-order chi connectivity index (χ1) is 9.27. The summed E-state index contributed by atoms with van der Waals surface area (Å²) in [6.45, 7) is 7.28. The number of carbonyl (C=O) groups excluding carboxylic acids is 1. The van der Waals surface area contributed by atoms with E-state index in [4.69, 9.17) is 14.2 Å². The van der Waals surface area contributed by atoms with Gasteiger partial charge in [-0.05, 0) is 32.7 Å². The highest BCUT2D eigenvalue weighted by atomic mass is 16.5. The molecule has 5 heteroatoms. The van der Waals surface area contributed by atoms with E-state index in [0.717, 1.165) is 58.7 Å². The number of rotatable bonds is 9. The number of piperidine rings is 1. The standard InChI is InChI=1S/C14H27NO4/c1-3-19-14(16)13-6-4-7-15(12-13)8-11-18-10-5-9-17-2/h13H,3-12H2,1-2H3. The monoisotopic (exact) mass is 273 g/mol. The highest BCUT2D eigenvalue weighted by molar-refractivity contribution is 5.72. The molecule has 0 radical (unpaired) electrons. The van der Waals surface area contributed by atoms with E-state index in [9.17, 15) is 4.79 Å². The van der Waals surface area contributed by atoms with Crippen LogP contribution in [0, 0.1) is 5.92 Å². The predicted molar refractivity (Wildman–Crippen MR) is 73.1 cm³/mol. The van der Waals surface area contributed by atoms with Crippen molar-refractivity contribution in [1.82, 2.24) is 4.90 Å². The van der Waals surface area contributed by atoms with Crippen LogP contribution in [0.15, 0.2) is 0 Å². The third kappa shape index (κ3) is 6.89. The van der Waals surface area contributed by atoms with Crippen molar-refractivity contribution >= 4 is 5.97 Å². The molecule has 112 valence electrons. The quantitative estimate of drug-likeness (QED) is 0.468. The van der Waals surface area contributed by atoms with E-state index < -0.39 is 0 Å². The van der Waals surface area contributed by atoms with Gasteiger partial charge in [0.15, 0.2) is 0 Å². The fraction of sp³-hybridized carbons (Fsp3) is 0.929. The number of esters is 1. The highest BCUT2D eigenvalue weighted by Crippen LogP contribution is 2.17. The van der Waals surface area contributed by atoms with Crippen LogP contribution in [0.2, 0.25) is 0 Å². The van der Waals surface area contributed by atoms with Crippen LogP contribution in [0.1, 0.15) is 26.2 Å². The lowest BCUT2D eigenvalue weighted by molar-refractivity contribution is -0.150. The molecule has 0 spiro atoms. The van der Waals surface area contributed by atoms with Gasteiger partial charge in [-0.3, -0.25) is 4.79 Å². The Morgan fingerprint density at radius 1 is 1.32 bits per heavy atom. The molecule has 0 amide bonds. The Labute approximate surface area is 116 Å². The van der Waals surface area contributed by atoms with Gasteiger partial charge in [0, 0.05) is 33.4 Å². The second-order valence-corrected chi connectivity index (χ2v) is 4.85. The number of carbonyl (C=O) groups is 1. The number of hydrogen-bond acceptors (Lipinski definition) is 5. The molecular formula is C14H27NO4. The average Bonchev–Trinajstić information content (AvgIpc) is 2.43. The van der Waals surface area contributed by atoms with Crippen molar-refractivity contribution in [3.8, 4) is 0 Å². The third-order valence-corrected chi connectivity index (χ3v) is 3.31. The molecule has 0 aromatic carbocycles. The van der Waals surface area contributed by atoms with Crippen LogP contribution in [0.5, 0.6) is 0 Å². The summed E-state index contributed by atoms with van der Waals surface area (Å²) in [6, 6.07) is 0. The van der Waals surface area contributed by atoms with E-state index >= 15 is 0 Å². The maximum atomic E-state index is 11.7. The van der Waals surface area contributed by atoms with Crippen LogP contribution >= 0.6 is 0 Å². The van der Waals surface area contributed by atoms with Crippen molar-refractivity contribution in [2.75, 3.05) is 53.2 Å². The molecule has 19 heavy (non-hydrogen) atoms. The van der Waals surface area contributed by atoms with Crippen molar-refractivity contribution in [1.29, 1.82) is 0 Å². The Balaban J connectivity index is 2.11.